The maximum atomic E-state index is 5.57. The molecular formula is C11H19N3O. The van der Waals surface area contributed by atoms with Gasteiger partial charge in [0.15, 0.2) is 0 Å². The Labute approximate surface area is 90.6 Å². The predicted octanol–water partition coefficient (Wildman–Crippen LogP) is 2.05. The minimum Gasteiger partial charge on any atom is -0.376 e. The zero-order chi connectivity index (χ0) is 10.7. The lowest BCUT2D eigenvalue weighted by Crippen LogP contribution is -2.19. The molecular weight excluding hydrogens is 190 g/mol. The molecule has 2 rings (SSSR count). The highest BCUT2D eigenvalue weighted by Gasteiger charge is 2.27. The van der Waals surface area contributed by atoms with Gasteiger partial charge < -0.3 is 14.6 Å². The van der Waals surface area contributed by atoms with Crippen LogP contribution in [-0.4, -0.2) is 28.8 Å². The molecule has 0 bridgehead atoms. The van der Waals surface area contributed by atoms with E-state index >= 15 is 0 Å². The first kappa shape index (κ1) is 10.5. The number of nitrogens with one attached hydrogen (secondary N) is 1. The number of rotatable bonds is 4. The van der Waals surface area contributed by atoms with Crippen LogP contribution in [0.3, 0.4) is 0 Å². The van der Waals surface area contributed by atoms with Gasteiger partial charge in [0.25, 0.3) is 0 Å². The largest absolute Gasteiger partial charge is 0.376 e. The van der Waals surface area contributed by atoms with Crippen LogP contribution in [0.15, 0.2) is 12.4 Å². The van der Waals surface area contributed by atoms with Crippen molar-refractivity contribution in [3.8, 4) is 0 Å². The van der Waals surface area contributed by atoms with Gasteiger partial charge >= 0.3 is 0 Å². The van der Waals surface area contributed by atoms with Crippen LogP contribution in [0.25, 0.3) is 0 Å². The number of hydrogen-bond acceptors (Lipinski definition) is 3. The molecule has 1 aromatic heterocycles. The molecule has 1 saturated heterocycles. The number of ether oxygens (including phenoxy) is 1. The fourth-order valence-corrected chi connectivity index (χ4v) is 2.04. The van der Waals surface area contributed by atoms with Gasteiger partial charge in [-0.2, -0.15) is 0 Å². The van der Waals surface area contributed by atoms with E-state index in [4.69, 9.17) is 4.74 Å². The molecule has 2 atom stereocenters. The van der Waals surface area contributed by atoms with Crippen molar-refractivity contribution in [2.75, 3.05) is 18.5 Å². The van der Waals surface area contributed by atoms with Gasteiger partial charge in [-0.25, -0.2) is 4.98 Å². The molecule has 0 radical (unpaired) electrons. The highest BCUT2D eigenvalue weighted by atomic mass is 16.5. The lowest BCUT2D eigenvalue weighted by atomic mass is 10.1. The summed E-state index contributed by atoms with van der Waals surface area (Å²) in [7, 11) is 0. The summed E-state index contributed by atoms with van der Waals surface area (Å²) in [5.41, 5.74) is 0. The quantitative estimate of drug-likeness (QED) is 0.825. The average molecular weight is 209 g/mol. The Kier molecular flexibility index (Phi) is 3.26. The Balaban J connectivity index is 2.09. The first-order valence-corrected chi connectivity index (χ1v) is 5.71. The highest BCUT2D eigenvalue weighted by molar-refractivity contribution is 5.26. The van der Waals surface area contributed by atoms with Crippen molar-refractivity contribution in [1.29, 1.82) is 0 Å². The molecule has 15 heavy (non-hydrogen) atoms. The highest BCUT2D eigenvalue weighted by Crippen LogP contribution is 2.28. The molecule has 0 amide bonds. The van der Waals surface area contributed by atoms with Crippen LogP contribution in [0.4, 0.5) is 5.95 Å². The van der Waals surface area contributed by atoms with Crippen molar-refractivity contribution in [3.63, 3.8) is 0 Å². The molecule has 1 fully saturated rings. The molecule has 1 aliphatic rings. The lowest BCUT2D eigenvalue weighted by Gasteiger charge is -2.18. The summed E-state index contributed by atoms with van der Waals surface area (Å²) in [5, 5.41) is 3.34. The van der Waals surface area contributed by atoms with Crippen LogP contribution < -0.4 is 5.32 Å². The summed E-state index contributed by atoms with van der Waals surface area (Å²) in [5.74, 6) is 0.971. The zero-order valence-electron chi connectivity index (χ0n) is 9.44. The van der Waals surface area contributed by atoms with Gasteiger partial charge in [0.1, 0.15) is 0 Å². The van der Waals surface area contributed by atoms with Crippen molar-refractivity contribution in [3.05, 3.63) is 12.4 Å². The Bertz CT molecular complexity index is 311. The summed E-state index contributed by atoms with van der Waals surface area (Å²) in [6.07, 6.45) is 6.38. The van der Waals surface area contributed by atoms with Gasteiger partial charge in [0.05, 0.1) is 12.1 Å². The maximum Gasteiger partial charge on any atom is 0.203 e. The Morgan fingerprint density at radius 3 is 3.20 bits per heavy atom. The molecule has 1 aliphatic heterocycles. The molecule has 2 unspecified atom stereocenters. The van der Waals surface area contributed by atoms with E-state index in [1.54, 1.807) is 0 Å². The van der Waals surface area contributed by atoms with Gasteiger partial charge in [-0.3, -0.25) is 0 Å². The van der Waals surface area contributed by atoms with Crippen molar-refractivity contribution in [2.45, 2.75) is 38.8 Å². The Morgan fingerprint density at radius 1 is 1.67 bits per heavy atom. The van der Waals surface area contributed by atoms with E-state index in [1.807, 2.05) is 12.4 Å². The summed E-state index contributed by atoms with van der Waals surface area (Å²) in [4.78, 5) is 4.33. The van der Waals surface area contributed by atoms with Crippen molar-refractivity contribution in [2.24, 2.45) is 0 Å². The van der Waals surface area contributed by atoms with Gasteiger partial charge in [0.2, 0.25) is 5.95 Å². The first-order valence-electron chi connectivity index (χ1n) is 5.71. The second kappa shape index (κ2) is 4.66. The first-order chi connectivity index (χ1) is 7.33. The molecule has 2 heterocycles. The molecule has 4 nitrogen and oxygen atoms in total. The second-order valence-electron chi connectivity index (χ2n) is 4.02. The zero-order valence-corrected chi connectivity index (χ0v) is 9.44. The maximum absolute atomic E-state index is 5.57. The average Bonchev–Trinajstić information content (AvgIpc) is 2.82. The van der Waals surface area contributed by atoms with Crippen LogP contribution >= 0.6 is 0 Å². The summed E-state index contributed by atoms with van der Waals surface area (Å²) in [6.45, 7) is 6.11. The predicted molar refractivity (Wildman–Crippen MR) is 60.1 cm³/mol. The fourth-order valence-electron chi connectivity index (χ4n) is 2.04. The monoisotopic (exact) mass is 209 g/mol. The summed E-state index contributed by atoms with van der Waals surface area (Å²) >= 11 is 0. The minimum absolute atomic E-state index is 0.293. The van der Waals surface area contributed by atoms with Gasteiger partial charge in [-0.1, -0.05) is 6.92 Å². The van der Waals surface area contributed by atoms with E-state index in [9.17, 15) is 0 Å². The number of imidazole rings is 1. The normalized spacial score (nSPS) is 25.7. The number of aromatic nitrogens is 2. The van der Waals surface area contributed by atoms with E-state index in [0.29, 0.717) is 12.1 Å². The molecule has 0 saturated carbocycles. The molecule has 0 aromatic carbocycles. The smallest absolute Gasteiger partial charge is 0.203 e. The minimum atomic E-state index is 0.293. The Morgan fingerprint density at radius 2 is 2.53 bits per heavy atom. The van der Waals surface area contributed by atoms with Gasteiger partial charge in [-0.05, 0) is 19.8 Å². The molecule has 0 spiro atoms. The topological polar surface area (TPSA) is 39.1 Å². The van der Waals surface area contributed by atoms with Gasteiger partial charge in [0, 0.05) is 25.5 Å². The molecule has 0 aliphatic carbocycles. The number of hydrogen-bond donors (Lipinski definition) is 1. The molecule has 1 N–H and O–H groups in total. The van der Waals surface area contributed by atoms with Crippen LogP contribution in [0.2, 0.25) is 0 Å². The van der Waals surface area contributed by atoms with Crippen molar-refractivity contribution < 1.29 is 4.74 Å². The van der Waals surface area contributed by atoms with Crippen LogP contribution in [0.5, 0.6) is 0 Å². The third kappa shape index (κ3) is 2.15. The van der Waals surface area contributed by atoms with Crippen LogP contribution in [-0.2, 0) is 4.74 Å². The van der Waals surface area contributed by atoms with E-state index in [2.05, 4.69) is 28.7 Å². The number of nitrogens with zero attached hydrogens (tertiary/aromatic N) is 2. The van der Waals surface area contributed by atoms with E-state index in [0.717, 1.165) is 31.9 Å². The van der Waals surface area contributed by atoms with Gasteiger partial charge in [-0.15, -0.1) is 0 Å². The van der Waals surface area contributed by atoms with Crippen LogP contribution in [0.1, 0.15) is 32.7 Å². The Hall–Kier alpha value is -1.03. The van der Waals surface area contributed by atoms with E-state index in [1.165, 1.54) is 0 Å². The third-order valence-corrected chi connectivity index (χ3v) is 2.90. The number of anilines is 1. The van der Waals surface area contributed by atoms with Crippen LogP contribution in [0, 0.1) is 0 Å². The van der Waals surface area contributed by atoms with E-state index < -0.39 is 0 Å². The van der Waals surface area contributed by atoms with E-state index in [-0.39, 0.29) is 0 Å². The van der Waals surface area contributed by atoms with Crippen molar-refractivity contribution in [1.82, 2.24) is 9.55 Å². The standard InChI is InChI=1S/C11H19N3O/c1-3-5-12-11-13-6-7-14(11)10-4-8-15-9(10)2/h6-7,9-10H,3-5,8H2,1-2H3,(H,12,13). The summed E-state index contributed by atoms with van der Waals surface area (Å²) < 4.78 is 7.77. The SMILES string of the molecule is CCCNc1nccn1C1CCOC1C. The third-order valence-electron chi connectivity index (χ3n) is 2.90. The lowest BCUT2D eigenvalue weighted by molar-refractivity contribution is 0.108. The summed E-state index contributed by atoms with van der Waals surface area (Å²) in [6, 6.07) is 0.437. The molecule has 4 heteroatoms. The molecule has 1 aromatic rings. The molecule has 84 valence electrons. The second-order valence-corrected chi connectivity index (χ2v) is 4.02. The van der Waals surface area contributed by atoms with Crippen molar-refractivity contribution >= 4 is 5.95 Å². The fraction of sp³-hybridized carbons (Fsp3) is 0.727.